The van der Waals surface area contributed by atoms with E-state index in [0.717, 1.165) is 18.5 Å². The Bertz CT molecular complexity index is 710. The fourth-order valence-electron chi connectivity index (χ4n) is 2.50. The van der Waals surface area contributed by atoms with Crippen LogP contribution >= 0.6 is 0 Å². The van der Waals surface area contributed by atoms with E-state index in [1.165, 1.54) is 16.5 Å². The van der Waals surface area contributed by atoms with Crippen molar-refractivity contribution in [2.75, 3.05) is 0 Å². The molecule has 3 rings (SSSR count). The third kappa shape index (κ3) is 2.45. The van der Waals surface area contributed by atoms with Crippen molar-refractivity contribution in [3.63, 3.8) is 0 Å². The van der Waals surface area contributed by atoms with Crippen molar-refractivity contribution < 1.29 is 0 Å². The monoisotopic (exact) mass is 265 g/mol. The summed E-state index contributed by atoms with van der Waals surface area (Å²) in [7, 11) is 0. The lowest BCUT2D eigenvalue weighted by atomic mass is 10.1. The summed E-state index contributed by atoms with van der Waals surface area (Å²) in [5.41, 5.74) is 9.59. The van der Waals surface area contributed by atoms with Gasteiger partial charge in [-0.25, -0.2) is 0 Å². The molecular weight excluding hydrogens is 246 g/mol. The van der Waals surface area contributed by atoms with E-state index in [9.17, 15) is 0 Å². The van der Waals surface area contributed by atoms with E-state index in [4.69, 9.17) is 5.73 Å². The van der Waals surface area contributed by atoms with E-state index in [1.54, 1.807) is 0 Å². The molecule has 0 saturated carbocycles. The quantitative estimate of drug-likeness (QED) is 0.784. The first-order valence-electron chi connectivity index (χ1n) is 7.02. The normalized spacial score (nSPS) is 12.7. The molecule has 3 nitrogen and oxygen atoms in total. The molecule has 0 amide bonds. The van der Waals surface area contributed by atoms with Gasteiger partial charge in [0.05, 0.1) is 5.52 Å². The lowest BCUT2D eigenvalue weighted by Crippen LogP contribution is -2.07. The van der Waals surface area contributed by atoms with E-state index in [0.29, 0.717) is 0 Å². The van der Waals surface area contributed by atoms with Gasteiger partial charge in [0, 0.05) is 36.6 Å². The van der Waals surface area contributed by atoms with Gasteiger partial charge in [-0.05, 0) is 35.7 Å². The van der Waals surface area contributed by atoms with Crippen LogP contribution in [-0.4, -0.2) is 9.55 Å². The second-order valence-electron chi connectivity index (χ2n) is 5.12. The van der Waals surface area contributed by atoms with Crippen LogP contribution in [0.1, 0.15) is 30.5 Å². The number of benzene rings is 1. The molecule has 2 heterocycles. The molecule has 3 aromatic rings. The van der Waals surface area contributed by atoms with Gasteiger partial charge in [-0.1, -0.05) is 25.1 Å². The van der Waals surface area contributed by atoms with Crippen molar-refractivity contribution in [3.8, 4) is 0 Å². The summed E-state index contributed by atoms with van der Waals surface area (Å²) in [5, 5.41) is 1.21. The second kappa shape index (κ2) is 5.47. The lowest BCUT2D eigenvalue weighted by molar-refractivity contribution is 0.693. The number of hydrogen-bond acceptors (Lipinski definition) is 2. The summed E-state index contributed by atoms with van der Waals surface area (Å²) in [5.74, 6) is 0. The van der Waals surface area contributed by atoms with Crippen molar-refractivity contribution in [1.29, 1.82) is 0 Å². The molecule has 3 heteroatoms. The van der Waals surface area contributed by atoms with Crippen LogP contribution in [0.5, 0.6) is 0 Å². The molecule has 1 atom stereocenters. The third-order valence-corrected chi connectivity index (χ3v) is 3.73. The number of rotatable bonds is 4. The molecule has 0 aliphatic rings. The zero-order valence-corrected chi connectivity index (χ0v) is 11.7. The molecule has 2 N–H and O–H groups in total. The van der Waals surface area contributed by atoms with Crippen LogP contribution in [0.15, 0.2) is 55.0 Å². The van der Waals surface area contributed by atoms with E-state index in [-0.39, 0.29) is 6.04 Å². The van der Waals surface area contributed by atoms with Crippen molar-refractivity contribution in [2.24, 2.45) is 5.73 Å². The van der Waals surface area contributed by atoms with Crippen molar-refractivity contribution in [1.82, 2.24) is 9.55 Å². The third-order valence-electron chi connectivity index (χ3n) is 3.73. The molecule has 0 saturated heterocycles. The fraction of sp³-hybridized carbons (Fsp3) is 0.235. The van der Waals surface area contributed by atoms with Crippen molar-refractivity contribution >= 4 is 10.9 Å². The molecule has 1 unspecified atom stereocenters. The van der Waals surface area contributed by atoms with Crippen LogP contribution in [0, 0.1) is 0 Å². The van der Waals surface area contributed by atoms with Crippen LogP contribution in [0.3, 0.4) is 0 Å². The molecular formula is C17H19N3. The number of para-hydroxylation sites is 1. The van der Waals surface area contributed by atoms with Crippen molar-refractivity contribution in [2.45, 2.75) is 25.9 Å². The van der Waals surface area contributed by atoms with Crippen LogP contribution in [-0.2, 0) is 6.54 Å². The van der Waals surface area contributed by atoms with Crippen molar-refractivity contribution in [3.05, 3.63) is 66.1 Å². The topological polar surface area (TPSA) is 43.8 Å². The summed E-state index contributed by atoms with van der Waals surface area (Å²) in [4.78, 5) is 4.40. The number of pyridine rings is 1. The highest BCUT2D eigenvalue weighted by atomic mass is 14.9. The van der Waals surface area contributed by atoms with Gasteiger partial charge < -0.3 is 10.3 Å². The van der Waals surface area contributed by atoms with Gasteiger partial charge in [0.15, 0.2) is 0 Å². The number of fused-ring (bicyclic) bond motifs is 1. The molecule has 102 valence electrons. The number of nitrogens with two attached hydrogens (primary N) is 1. The summed E-state index contributed by atoms with van der Waals surface area (Å²) < 4.78 is 2.19. The molecule has 0 radical (unpaired) electrons. The van der Waals surface area contributed by atoms with Gasteiger partial charge in [-0.2, -0.15) is 0 Å². The highest BCUT2D eigenvalue weighted by molar-refractivity contribution is 5.81. The first kappa shape index (κ1) is 12.9. The molecule has 1 aromatic carbocycles. The Kier molecular flexibility index (Phi) is 3.52. The van der Waals surface area contributed by atoms with E-state index >= 15 is 0 Å². The van der Waals surface area contributed by atoms with Crippen LogP contribution in [0.2, 0.25) is 0 Å². The van der Waals surface area contributed by atoms with E-state index < -0.39 is 0 Å². The van der Waals surface area contributed by atoms with Gasteiger partial charge in [0.25, 0.3) is 0 Å². The molecule has 0 fully saturated rings. The molecule has 2 aromatic heterocycles. The molecule has 0 bridgehead atoms. The van der Waals surface area contributed by atoms with Gasteiger partial charge in [0.1, 0.15) is 0 Å². The lowest BCUT2D eigenvalue weighted by Gasteiger charge is -2.08. The van der Waals surface area contributed by atoms with Gasteiger partial charge in [-0.3, -0.25) is 4.98 Å². The fourth-order valence-corrected chi connectivity index (χ4v) is 2.50. The van der Waals surface area contributed by atoms with E-state index in [1.807, 2.05) is 18.3 Å². The summed E-state index contributed by atoms with van der Waals surface area (Å²) in [6.07, 6.45) is 7.07. The minimum Gasteiger partial charge on any atom is -0.350 e. The SMILES string of the molecule is CCC(N)c1ccn(Cc2ccnc3ccccc23)c1. The first-order valence-corrected chi connectivity index (χ1v) is 7.02. The average molecular weight is 265 g/mol. The van der Waals surface area contributed by atoms with Crippen LogP contribution in [0.25, 0.3) is 10.9 Å². The minimum absolute atomic E-state index is 0.130. The molecule has 20 heavy (non-hydrogen) atoms. The van der Waals surface area contributed by atoms with Gasteiger partial charge in [0.2, 0.25) is 0 Å². The Hall–Kier alpha value is -2.13. The molecule has 0 spiro atoms. The highest BCUT2D eigenvalue weighted by Gasteiger charge is 2.06. The maximum Gasteiger partial charge on any atom is 0.0705 e. The van der Waals surface area contributed by atoms with E-state index in [2.05, 4.69) is 53.1 Å². The Morgan fingerprint density at radius 3 is 2.90 bits per heavy atom. The Morgan fingerprint density at radius 1 is 1.20 bits per heavy atom. The first-order chi connectivity index (χ1) is 9.78. The number of aromatic nitrogens is 2. The Labute approximate surface area is 119 Å². The minimum atomic E-state index is 0.130. The maximum atomic E-state index is 6.07. The largest absolute Gasteiger partial charge is 0.350 e. The zero-order valence-electron chi connectivity index (χ0n) is 11.7. The van der Waals surface area contributed by atoms with Crippen LogP contribution in [0.4, 0.5) is 0 Å². The molecule has 0 aliphatic heterocycles. The predicted octanol–water partition coefficient (Wildman–Crippen LogP) is 3.49. The summed E-state index contributed by atoms with van der Waals surface area (Å²) in [6.45, 7) is 2.96. The highest BCUT2D eigenvalue weighted by Crippen LogP contribution is 2.19. The maximum absolute atomic E-state index is 6.07. The summed E-state index contributed by atoms with van der Waals surface area (Å²) >= 11 is 0. The Morgan fingerprint density at radius 2 is 2.05 bits per heavy atom. The summed E-state index contributed by atoms with van der Waals surface area (Å²) in [6, 6.07) is 12.6. The van der Waals surface area contributed by atoms with Crippen LogP contribution < -0.4 is 5.73 Å². The molecule has 0 aliphatic carbocycles. The predicted molar refractivity (Wildman–Crippen MR) is 82.5 cm³/mol. The Balaban J connectivity index is 1.91. The second-order valence-corrected chi connectivity index (χ2v) is 5.12. The standard InChI is InChI=1S/C17H19N3/c1-2-16(18)14-8-10-20(12-14)11-13-7-9-19-17-6-4-3-5-15(13)17/h3-10,12,16H,2,11,18H2,1H3. The number of hydrogen-bond donors (Lipinski definition) is 1. The zero-order chi connectivity index (χ0) is 13.9. The average Bonchev–Trinajstić information content (AvgIpc) is 2.95. The smallest absolute Gasteiger partial charge is 0.0705 e. The van der Waals surface area contributed by atoms with Gasteiger partial charge in [-0.15, -0.1) is 0 Å². The number of nitrogens with zero attached hydrogens (tertiary/aromatic N) is 2. The van der Waals surface area contributed by atoms with Gasteiger partial charge >= 0.3 is 0 Å².